The second kappa shape index (κ2) is 10.9. The number of likely N-dealkylation sites (N-methyl/N-ethyl adjacent to an activating group) is 1. The van der Waals surface area contributed by atoms with Crippen LogP contribution in [0.2, 0.25) is 0 Å². The molecule has 0 saturated carbocycles. The summed E-state index contributed by atoms with van der Waals surface area (Å²) in [6, 6.07) is 25.2. The molecule has 0 bridgehead atoms. The minimum absolute atomic E-state index is 0.00875. The number of rotatable bonds is 8. The summed E-state index contributed by atoms with van der Waals surface area (Å²) < 4.78 is 21.3. The Morgan fingerprint density at radius 2 is 1.80 bits per heavy atom. The summed E-state index contributed by atoms with van der Waals surface area (Å²) in [5, 5.41) is 16.9. The minimum Gasteiger partial charge on any atom is -0.489 e. The number of nitriles is 1. The maximum absolute atomic E-state index is 13.9. The Hall–Kier alpha value is -4.70. The van der Waals surface area contributed by atoms with Gasteiger partial charge in [0.15, 0.2) is 0 Å². The van der Waals surface area contributed by atoms with Crippen molar-refractivity contribution in [2.45, 2.75) is 13.5 Å². The van der Waals surface area contributed by atoms with Gasteiger partial charge in [-0.15, -0.1) is 0 Å². The second-order valence-corrected chi connectivity index (χ2v) is 7.65. The van der Waals surface area contributed by atoms with Gasteiger partial charge >= 0.3 is 0 Å². The molecule has 4 rings (SSSR count). The fourth-order valence-corrected chi connectivity index (χ4v) is 3.48. The summed E-state index contributed by atoms with van der Waals surface area (Å²) in [7, 11) is 0. The molecule has 4 aromatic rings. The van der Waals surface area contributed by atoms with Crippen molar-refractivity contribution in [1.29, 1.82) is 5.26 Å². The lowest BCUT2D eigenvalue weighted by molar-refractivity contribution is -0.116. The summed E-state index contributed by atoms with van der Waals surface area (Å²) in [5.41, 5.74) is 3.31. The predicted molar refractivity (Wildman–Crippen MR) is 132 cm³/mol. The van der Waals surface area contributed by atoms with Gasteiger partial charge in [0.05, 0.1) is 11.4 Å². The highest BCUT2D eigenvalue weighted by molar-refractivity contribution is 6.02. The average molecular weight is 467 g/mol. The van der Waals surface area contributed by atoms with Crippen molar-refractivity contribution in [3.63, 3.8) is 0 Å². The number of hydrogen-bond donors (Lipinski definition) is 1. The Morgan fingerprint density at radius 3 is 2.49 bits per heavy atom. The van der Waals surface area contributed by atoms with Crippen LogP contribution in [-0.4, -0.2) is 22.2 Å². The first-order valence-electron chi connectivity index (χ1n) is 11.1. The number of aromatic nitrogens is 2. The SMILES string of the molecule is CCNC(=O)/C(C#N)=C\c1cn(-c2ccccc2)nc1-c1ccc(OCc2ccccc2F)cc1. The zero-order chi connectivity index (χ0) is 24.6. The van der Waals surface area contributed by atoms with Gasteiger partial charge in [-0.25, -0.2) is 9.07 Å². The first kappa shape index (κ1) is 23.5. The number of ether oxygens (including phenoxy) is 1. The van der Waals surface area contributed by atoms with Gasteiger partial charge < -0.3 is 10.1 Å². The van der Waals surface area contributed by atoms with Crippen LogP contribution in [0.1, 0.15) is 18.1 Å². The Bertz CT molecular complexity index is 1390. The van der Waals surface area contributed by atoms with Crippen molar-refractivity contribution in [3.05, 3.63) is 108 Å². The summed E-state index contributed by atoms with van der Waals surface area (Å²) in [6.45, 7) is 2.32. The molecule has 0 fully saturated rings. The largest absolute Gasteiger partial charge is 0.489 e. The molecule has 174 valence electrons. The van der Waals surface area contributed by atoms with Crippen molar-refractivity contribution in [3.8, 4) is 28.8 Å². The molecule has 0 spiro atoms. The van der Waals surface area contributed by atoms with E-state index < -0.39 is 5.91 Å². The quantitative estimate of drug-likeness (QED) is 0.282. The molecule has 1 amide bonds. The van der Waals surface area contributed by atoms with Crippen LogP contribution in [0.15, 0.2) is 90.6 Å². The van der Waals surface area contributed by atoms with Crippen LogP contribution in [0.3, 0.4) is 0 Å². The molecule has 0 radical (unpaired) electrons. The van der Waals surface area contributed by atoms with E-state index in [1.54, 1.807) is 48.1 Å². The first-order valence-corrected chi connectivity index (χ1v) is 11.1. The van der Waals surface area contributed by atoms with Gasteiger partial charge in [-0.1, -0.05) is 36.4 Å². The summed E-state index contributed by atoms with van der Waals surface area (Å²) >= 11 is 0. The standard InChI is InChI=1S/C28H23FN4O2/c1-2-31-28(34)22(17-30)16-23-18-33(24-9-4-3-5-10-24)32-27(23)20-12-14-25(15-13-20)35-19-21-8-6-7-11-26(21)29/h3-16,18H,2,19H2,1H3,(H,31,34)/b22-16-. The smallest absolute Gasteiger partial charge is 0.261 e. The Kier molecular flexibility index (Phi) is 7.34. The molecule has 0 atom stereocenters. The third-order valence-electron chi connectivity index (χ3n) is 5.25. The summed E-state index contributed by atoms with van der Waals surface area (Å²) in [6.07, 6.45) is 3.32. The van der Waals surface area contributed by atoms with Gasteiger partial charge in [0.25, 0.3) is 5.91 Å². The van der Waals surface area contributed by atoms with Gasteiger partial charge in [0.1, 0.15) is 29.8 Å². The number of carbonyl (C=O) groups excluding carboxylic acids is 1. The molecule has 0 aliphatic carbocycles. The van der Waals surface area contributed by atoms with E-state index >= 15 is 0 Å². The van der Waals surface area contributed by atoms with Crippen LogP contribution in [0.4, 0.5) is 4.39 Å². The minimum atomic E-state index is -0.440. The van der Waals surface area contributed by atoms with Crippen molar-refractivity contribution in [2.75, 3.05) is 6.54 Å². The molecule has 0 aliphatic heterocycles. The van der Waals surface area contributed by atoms with Gasteiger partial charge in [0, 0.05) is 29.4 Å². The number of halogens is 1. The number of carbonyl (C=O) groups is 1. The molecule has 0 aliphatic rings. The molecule has 3 aromatic carbocycles. The van der Waals surface area contributed by atoms with Gasteiger partial charge in [-0.3, -0.25) is 4.79 Å². The summed E-state index contributed by atoms with van der Waals surface area (Å²) in [4.78, 5) is 12.3. The number of nitrogens with zero attached hydrogens (tertiary/aromatic N) is 3. The number of para-hydroxylation sites is 1. The molecule has 6 nitrogen and oxygen atoms in total. The number of nitrogens with one attached hydrogen (secondary N) is 1. The van der Waals surface area contributed by atoms with Gasteiger partial charge in [-0.05, 0) is 55.5 Å². The van der Waals surface area contributed by atoms with Crippen molar-refractivity contribution in [2.24, 2.45) is 0 Å². The lowest BCUT2D eigenvalue weighted by atomic mass is 10.1. The zero-order valence-electron chi connectivity index (χ0n) is 19.1. The number of hydrogen-bond acceptors (Lipinski definition) is 4. The van der Waals surface area contributed by atoms with E-state index in [1.807, 2.05) is 48.5 Å². The van der Waals surface area contributed by atoms with Crippen LogP contribution in [0, 0.1) is 17.1 Å². The topological polar surface area (TPSA) is 79.9 Å². The maximum atomic E-state index is 13.9. The van der Waals surface area contributed by atoms with Crippen LogP contribution in [0.25, 0.3) is 23.0 Å². The Morgan fingerprint density at radius 1 is 1.09 bits per heavy atom. The fraction of sp³-hybridized carbons (Fsp3) is 0.107. The Balaban J connectivity index is 1.66. The monoisotopic (exact) mass is 466 g/mol. The van der Waals surface area contributed by atoms with E-state index in [2.05, 4.69) is 5.32 Å². The van der Waals surface area contributed by atoms with Gasteiger partial charge in [0.2, 0.25) is 0 Å². The third-order valence-corrected chi connectivity index (χ3v) is 5.25. The highest BCUT2D eigenvalue weighted by atomic mass is 19.1. The Labute approximate surface area is 202 Å². The predicted octanol–water partition coefficient (Wildman–Crippen LogP) is 5.30. The van der Waals surface area contributed by atoms with E-state index in [-0.39, 0.29) is 18.0 Å². The molecular formula is C28H23FN4O2. The van der Waals surface area contributed by atoms with E-state index in [0.717, 1.165) is 11.3 Å². The van der Waals surface area contributed by atoms with E-state index in [1.165, 1.54) is 12.1 Å². The lowest BCUT2D eigenvalue weighted by Gasteiger charge is -2.08. The van der Waals surface area contributed by atoms with E-state index in [4.69, 9.17) is 9.84 Å². The number of benzene rings is 3. The first-order chi connectivity index (χ1) is 17.1. The second-order valence-electron chi connectivity index (χ2n) is 7.65. The van der Waals surface area contributed by atoms with Crippen LogP contribution >= 0.6 is 0 Å². The maximum Gasteiger partial charge on any atom is 0.261 e. The molecular weight excluding hydrogens is 443 g/mol. The van der Waals surface area contributed by atoms with E-state index in [0.29, 0.717) is 29.1 Å². The van der Waals surface area contributed by atoms with Crippen molar-refractivity contribution in [1.82, 2.24) is 15.1 Å². The molecule has 35 heavy (non-hydrogen) atoms. The van der Waals surface area contributed by atoms with Crippen molar-refractivity contribution < 1.29 is 13.9 Å². The third kappa shape index (κ3) is 5.63. The van der Waals surface area contributed by atoms with Gasteiger partial charge in [-0.2, -0.15) is 10.4 Å². The molecule has 1 aromatic heterocycles. The number of amides is 1. The molecule has 7 heteroatoms. The molecule has 1 heterocycles. The molecule has 0 saturated heterocycles. The van der Waals surface area contributed by atoms with Crippen LogP contribution in [-0.2, 0) is 11.4 Å². The highest BCUT2D eigenvalue weighted by Gasteiger charge is 2.15. The summed E-state index contributed by atoms with van der Waals surface area (Å²) in [5.74, 6) is -0.172. The molecule has 1 N–H and O–H groups in total. The molecule has 0 unspecified atom stereocenters. The fourth-order valence-electron chi connectivity index (χ4n) is 3.48. The van der Waals surface area contributed by atoms with Crippen molar-refractivity contribution >= 4 is 12.0 Å². The lowest BCUT2D eigenvalue weighted by Crippen LogP contribution is -2.23. The highest BCUT2D eigenvalue weighted by Crippen LogP contribution is 2.28. The van der Waals surface area contributed by atoms with Crippen LogP contribution < -0.4 is 10.1 Å². The van der Waals surface area contributed by atoms with Crippen LogP contribution in [0.5, 0.6) is 5.75 Å². The zero-order valence-corrected chi connectivity index (χ0v) is 19.1. The van der Waals surface area contributed by atoms with E-state index in [9.17, 15) is 14.4 Å². The average Bonchev–Trinajstić information content (AvgIpc) is 3.31. The normalized spacial score (nSPS) is 11.1.